The van der Waals surface area contributed by atoms with Gasteiger partial charge >= 0.3 is 0 Å². The van der Waals surface area contributed by atoms with E-state index in [0.717, 1.165) is 29.5 Å². The number of thiocarbonyl (C=S) groups is 1. The molecule has 7 nitrogen and oxygen atoms in total. The third-order valence-corrected chi connectivity index (χ3v) is 9.59. The SMILES string of the molecule is Cc1ccccc1CNC(=O)C1N(C(=O)C(O)C(Cc2ccccc2)NC(=S)NC2CCCCC2)CSC1(C)C. The molecule has 1 aliphatic carbocycles. The summed E-state index contributed by atoms with van der Waals surface area (Å²) in [7, 11) is 0. The van der Waals surface area contributed by atoms with E-state index in [1.54, 1.807) is 11.8 Å². The molecule has 2 aromatic carbocycles. The molecule has 40 heavy (non-hydrogen) atoms. The van der Waals surface area contributed by atoms with E-state index in [0.29, 0.717) is 30.0 Å². The lowest BCUT2D eigenvalue weighted by atomic mass is 9.95. The summed E-state index contributed by atoms with van der Waals surface area (Å²) in [6, 6.07) is 16.6. The van der Waals surface area contributed by atoms with Crippen LogP contribution in [0.15, 0.2) is 54.6 Å². The van der Waals surface area contributed by atoms with Crippen molar-refractivity contribution in [1.82, 2.24) is 20.9 Å². The number of benzene rings is 2. The zero-order valence-electron chi connectivity index (χ0n) is 23.7. The van der Waals surface area contributed by atoms with E-state index in [-0.39, 0.29) is 5.91 Å². The lowest BCUT2D eigenvalue weighted by Gasteiger charge is -2.34. The van der Waals surface area contributed by atoms with E-state index < -0.39 is 28.8 Å². The van der Waals surface area contributed by atoms with Crippen molar-refractivity contribution in [2.45, 2.75) is 94.8 Å². The third kappa shape index (κ3) is 7.77. The van der Waals surface area contributed by atoms with Gasteiger partial charge in [0.2, 0.25) is 5.91 Å². The Morgan fingerprint density at radius 1 is 1.07 bits per heavy atom. The van der Waals surface area contributed by atoms with Gasteiger partial charge in [0, 0.05) is 17.3 Å². The van der Waals surface area contributed by atoms with Crippen molar-refractivity contribution in [3.63, 3.8) is 0 Å². The number of thioether (sulfide) groups is 1. The van der Waals surface area contributed by atoms with Crippen molar-refractivity contribution in [3.8, 4) is 0 Å². The molecule has 0 bridgehead atoms. The second-order valence-electron chi connectivity index (χ2n) is 11.4. The average Bonchev–Trinajstić information content (AvgIpc) is 3.27. The van der Waals surface area contributed by atoms with Gasteiger partial charge in [0.25, 0.3) is 5.91 Å². The van der Waals surface area contributed by atoms with Gasteiger partial charge < -0.3 is 26.0 Å². The van der Waals surface area contributed by atoms with Crippen LogP contribution in [0.3, 0.4) is 0 Å². The smallest absolute Gasteiger partial charge is 0.254 e. The summed E-state index contributed by atoms with van der Waals surface area (Å²) >= 11 is 7.18. The van der Waals surface area contributed by atoms with Gasteiger partial charge in [-0.2, -0.15) is 0 Å². The predicted octanol–water partition coefficient (Wildman–Crippen LogP) is 4.06. The molecule has 0 aromatic heterocycles. The highest BCUT2D eigenvalue weighted by Crippen LogP contribution is 2.40. The van der Waals surface area contributed by atoms with Gasteiger partial charge in [-0.05, 0) is 68.9 Å². The molecule has 9 heteroatoms. The van der Waals surface area contributed by atoms with Crippen LogP contribution >= 0.6 is 24.0 Å². The summed E-state index contributed by atoms with van der Waals surface area (Å²) in [6.07, 6.45) is 4.74. The second-order valence-corrected chi connectivity index (χ2v) is 13.4. The van der Waals surface area contributed by atoms with Crippen molar-refractivity contribution in [2.75, 3.05) is 5.88 Å². The van der Waals surface area contributed by atoms with Gasteiger partial charge in [0.1, 0.15) is 6.04 Å². The highest BCUT2D eigenvalue weighted by molar-refractivity contribution is 8.00. The van der Waals surface area contributed by atoms with Crippen LogP contribution in [0.25, 0.3) is 0 Å². The number of carbonyl (C=O) groups is 2. The number of amides is 2. The summed E-state index contributed by atoms with van der Waals surface area (Å²) in [5, 5.41) is 21.6. The molecular formula is C31H42N4O3S2. The summed E-state index contributed by atoms with van der Waals surface area (Å²) in [5.41, 5.74) is 3.11. The van der Waals surface area contributed by atoms with Crippen LogP contribution in [0, 0.1) is 6.92 Å². The number of carbonyl (C=O) groups excluding carboxylic acids is 2. The van der Waals surface area contributed by atoms with Gasteiger partial charge in [-0.3, -0.25) is 9.59 Å². The molecule has 2 aliphatic rings. The molecule has 3 unspecified atom stereocenters. The Morgan fingerprint density at radius 3 is 2.45 bits per heavy atom. The van der Waals surface area contributed by atoms with E-state index in [4.69, 9.17) is 12.2 Å². The van der Waals surface area contributed by atoms with Crippen LogP contribution in [0.5, 0.6) is 0 Å². The number of hydrogen-bond donors (Lipinski definition) is 4. The van der Waals surface area contributed by atoms with E-state index in [2.05, 4.69) is 16.0 Å². The van der Waals surface area contributed by atoms with Crippen LogP contribution in [-0.4, -0.2) is 61.8 Å². The first-order chi connectivity index (χ1) is 19.2. The molecular weight excluding hydrogens is 541 g/mol. The normalized spacial score (nSPS) is 20.4. The highest BCUT2D eigenvalue weighted by atomic mass is 32.2. The maximum absolute atomic E-state index is 13.9. The molecule has 2 fully saturated rings. The molecule has 2 amide bonds. The van der Waals surface area contributed by atoms with Crippen molar-refractivity contribution in [3.05, 3.63) is 71.3 Å². The van der Waals surface area contributed by atoms with Gasteiger partial charge in [0.05, 0.1) is 11.9 Å². The number of nitrogens with one attached hydrogen (secondary N) is 3. The summed E-state index contributed by atoms with van der Waals surface area (Å²) in [6.45, 7) is 6.33. The molecule has 1 aliphatic heterocycles. The lowest BCUT2D eigenvalue weighted by molar-refractivity contribution is -0.147. The Labute approximate surface area is 247 Å². The molecule has 1 saturated heterocycles. The van der Waals surface area contributed by atoms with Crippen LogP contribution in [0.1, 0.15) is 62.6 Å². The Balaban J connectivity index is 1.48. The van der Waals surface area contributed by atoms with Crippen LogP contribution in [0.2, 0.25) is 0 Å². The molecule has 0 spiro atoms. The first-order valence-electron chi connectivity index (χ1n) is 14.2. The van der Waals surface area contributed by atoms with Gasteiger partial charge in [-0.15, -0.1) is 11.8 Å². The first kappa shape index (κ1) is 30.3. The lowest BCUT2D eigenvalue weighted by Crippen LogP contribution is -2.59. The number of nitrogens with zero attached hydrogens (tertiary/aromatic N) is 1. The van der Waals surface area contributed by atoms with Gasteiger partial charge in [-0.25, -0.2) is 0 Å². The first-order valence-corrected chi connectivity index (χ1v) is 15.6. The van der Waals surface area contributed by atoms with E-state index in [1.165, 1.54) is 24.2 Å². The van der Waals surface area contributed by atoms with Crippen molar-refractivity contribution in [2.24, 2.45) is 0 Å². The predicted molar refractivity (Wildman–Crippen MR) is 166 cm³/mol. The minimum absolute atomic E-state index is 0.221. The summed E-state index contributed by atoms with van der Waals surface area (Å²) in [5.74, 6) is -0.363. The Bertz CT molecular complexity index is 1170. The Kier molecular flexibility index (Phi) is 10.5. The van der Waals surface area contributed by atoms with E-state index >= 15 is 0 Å². The van der Waals surface area contributed by atoms with E-state index in [9.17, 15) is 14.7 Å². The third-order valence-electron chi connectivity index (χ3n) is 7.98. The van der Waals surface area contributed by atoms with E-state index in [1.807, 2.05) is 75.4 Å². The quantitative estimate of drug-likeness (QED) is 0.332. The fraction of sp³-hybridized carbons (Fsp3) is 0.516. The second kappa shape index (κ2) is 13.8. The largest absolute Gasteiger partial charge is 0.381 e. The molecule has 0 radical (unpaired) electrons. The molecule has 2 aromatic rings. The maximum atomic E-state index is 13.9. The Morgan fingerprint density at radius 2 is 1.75 bits per heavy atom. The topological polar surface area (TPSA) is 93.7 Å². The summed E-state index contributed by atoms with van der Waals surface area (Å²) in [4.78, 5) is 28.9. The molecule has 4 N–H and O–H groups in total. The van der Waals surface area contributed by atoms with Crippen molar-refractivity contribution < 1.29 is 14.7 Å². The highest BCUT2D eigenvalue weighted by Gasteiger charge is 2.49. The fourth-order valence-corrected chi connectivity index (χ4v) is 7.05. The van der Waals surface area contributed by atoms with Gasteiger partial charge in [0.15, 0.2) is 11.2 Å². The molecule has 4 rings (SSSR count). The zero-order chi connectivity index (χ0) is 28.7. The minimum Gasteiger partial charge on any atom is -0.381 e. The minimum atomic E-state index is -1.38. The number of rotatable bonds is 9. The number of aliphatic hydroxyl groups excluding tert-OH is 1. The monoisotopic (exact) mass is 582 g/mol. The standard InChI is InChI=1S/C31H42N4O3S2/c1-21-12-10-11-15-23(21)19-32-28(37)27-31(2,3)40-20-35(27)29(38)26(36)25(18-22-13-6-4-7-14-22)34-30(39)33-24-16-8-5-9-17-24/h4,6-7,10-15,24-27,36H,5,8-9,16-20H2,1-3H3,(H,32,37)(H2,33,34,39). The van der Waals surface area contributed by atoms with Crippen LogP contribution in [0.4, 0.5) is 0 Å². The average molecular weight is 583 g/mol. The Hall–Kier alpha value is -2.62. The van der Waals surface area contributed by atoms with Crippen molar-refractivity contribution >= 4 is 40.9 Å². The van der Waals surface area contributed by atoms with Crippen molar-refractivity contribution in [1.29, 1.82) is 0 Å². The van der Waals surface area contributed by atoms with Crippen LogP contribution < -0.4 is 16.0 Å². The van der Waals surface area contributed by atoms with Crippen LogP contribution in [-0.2, 0) is 22.6 Å². The van der Waals surface area contributed by atoms with Gasteiger partial charge in [-0.1, -0.05) is 73.9 Å². The molecule has 3 atom stereocenters. The summed E-state index contributed by atoms with van der Waals surface area (Å²) < 4.78 is -0.509. The molecule has 216 valence electrons. The fourth-order valence-electron chi connectivity index (χ4n) is 5.59. The number of hydrogen-bond acceptors (Lipinski definition) is 5. The number of aliphatic hydroxyl groups is 1. The zero-order valence-corrected chi connectivity index (χ0v) is 25.3. The number of aryl methyl sites for hydroxylation is 1. The maximum Gasteiger partial charge on any atom is 0.254 e. The molecule has 1 saturated carbocycles. The molecule has 1 heterocycles.